The fourth-order valence-electron chi connectivity index (χ4n) is 0.891. The first-order valence-electron chi connectivity index (χ1n) is 2.92. The number of hydrogen-bond acceptors (Lipinski definition) is 4. The van der Waals surface area contributed by atoms with Gasteiger partial charge in [0.15, 0.2) is 5.37 Å². The van der Waals surface area contributed by atoms with E-state index in [1.165, 1.54) is 0 Å². The summed E-state index contributed by atoms with van der Waals surface area (Å²) in [4.78, 5) is 21.3. The summed E-state index contributed by atoms with van der Waals surface area (Å²) in [5.41, 5.74) is 4.67. The summed E-state index contributed by atoms with van der Waals surface area (Å²) >= 11 is 0. The number of imide groups is 1. The quantitative estimate of drug-likeness (QED) is 0.389. The van der Waals surface area contributed by atoms with Crippen molar-refractivity contribution >= 4 is 22.1 Å². The van der Waals surface area contributed by atoms with Crippen LogP contribution in [0.4, 0.5) is 4.79 Å². The van der Waals surface area contributed by atoms with Crippen LogP contribution >= 0.6 is 0 Å². The van der Waals surface area contributed by atoms with Gasteiger partial charge >= 0.3 is 6.03 Å². The number of urea groups is 1. The molecule has 1 unspecified atom stereocenters. The van der Waals surface area contributed by atoms with E-state index in [2.05, 4.69) is 5.73 Å². The van der Waals surface area contributed by atoms with Crippen molar-refractivity contribution in [1.82, 2.24) is 4.90 Å². The van der Waals surface area contributed by atoms with Gasteiger partial charge in [0.2, 0.25) is 5.91 Å². The minimum atomic E-state index is -4.39. The molecule has 0 aromatic rings. The Morgan fingerprint density at radius 3 is 2.33 bits per heavy atom. The molecule has 0 aromatic carbocycles. The Labute approximate surface area is 67.9 Å². The van der Waals surface area contributed by atoms with E-state index in [1.54, 1.807) is 0 Å². The van der Waals surface area contributed by atoms with E-state index in [0.29, 0.717) is 4.90 Å². The molecule has 0 aliphatic carbocycles. The average molecular weight is 194 g/mol. The molecule has 1 aliphatic heterocycles. The Kier molecular flexibility index (Phi) is 1.80. The van der Waals surface area contributed by atoms with Crippen molar-refractivity contribution < 1.29 is 22.6 Å². The number of amides is 3. The van der Waals surface area contributed by atoms with Crippen LogP contribution in [0.5, 0.6) is 0 Å². The molecule has 68 valence electrons. The molecule has 0 saturated carbocycles. The van der Waals surface area contributed by atoms with Crippen molar-refractivity contribution in [3.05, 3.63) is 0 Å². The SMILES string of the molecule is NC(=O)N1C(=O)CC1S(=O)(=O)O. The molecule has 0 bridgehead atoms. The van der Waals surface area contributed by atoms with Crippen molar-refractivity contribution in [3.8, 4) is 0 Å². The summed E-state index contributed by atoms with van der Waals surface area (Å²) < 4.78 is 29.3. The molecule has 1 saturated heterocycles. The van der Waals surface area contributed by atoms with E-state index < -0.39 is 33.9 Å². The second kappa shape index (κ2) is 2.42. The van der Waals surface area contributed by atoms with Gasteiger partial charge in [-0.25, -0.2) is 9.69 Å². The fourth-order valence-corrected chi connectivity index (χ4v) is 1.73. The van der Waals surface area contributed by atoms with E-state index >= 15 is 0 Å². The number of rotatable bonds is 1. The molecule has 8 heteroatoms. The third-order valence-electron chi connectivity index (χ3n) is 1.49. The lowest BCUT2D eigenvalue weighted by molar-refractivity contribution is -0.137. The normalized spacial score (nSPS) is 23.6. The first kappa shape index (κ1) is 8.94. The molecule has 0 radical (unpaired) electrons. The van der Waals surface area contributed by atoms with Crippen LogP contribution in [0.25, 0.3) is 0 Å². The summed E-state index contributed by atoms with van der Waals surface area (Å²) in [5, 5.41) is -1.50. The second-order valence-electron chi connectivity index (χ2n) is 2.28. The Hall–Kier alpha value is -1.15. The molecule has 3 N–H and O–H groups in total. The zero-order valence-electron chi connectivity index (χ0n) is 5.80. The van der Waals surface area contributed by atoms with Gasteiger partial charge in [0.25, 0.3) is 10.1 Å². The molecule has 1 atom stereocenters. The van der Waals surface area contributed by atoms with Crippen LogP contribution in [-0.4, -0.2) is 35.2 Å². The van der Waals surface area contributed by atoms with Gasteiger partial charge in [0.05, 0.1) is 6.42 Å². The van der Waals surface area contributed by atoms with E-state index in [9.17, 15) is 18.0 Å². The predicted molar refractivity (Wildman–Crippen MR) is 36.4 cm³/mol. The molecule has 7 nitrogen and oxygen atoms in total. The van der Waals surface area contributed by atoms with Crippen molar-refractivity contribution in [3.63, 3.8) is 0 Å². The summed E-state index contributed by atoms with van der Waals surface area (Å²) in [6, 6.07) is -1.17. The topological polar surface area (TPSA) is 118 Å². The van der Waals surface area contributed by atoms with Crippen LogP contribution in [0.2, 0.25) is 0 Å². The number of β-lactam (4-membered cyclic amide) rings is 1. The fraction of sp³-hybridized carbons (Fsp3) is 0.500. The van der Waals surface area contributed by atoms with E-state index in [4.69, 9.17) is 4.55 Å². The lowest BCUT2D eigenvalue weighted by Crippen LogP contribution is -2.60. The Morgan fingerprint density at radius 2 is 2.17 bits per heavy atom. The van der Waals surface area contributed by atoms with Gasteiger partial charge in [-0.15, -0.1) is 0 Å². The zero-order valence-corrected chi connectivity index (χ0v) is 6.61. The van der Waals surface area contributed by atoms with Crippen LogP contribution in [0.1, 0.15) is 6.42 Å². The maximum absolute atomic E-state index is 10.6. The van der Waals surface area contributed by atoms with Gasteiger partial charge in [-0.2, -0.15) is 8.42 Å². The van der Waals surface area contributed by atoms with Gasteiger partial charge in [-0.1, -0.05) is 0 Å². The van der Waals surface area contributed by atoms with Crippen molar-refractivity contribution in [2.24, 2.45) is 5.73 Å². The summed E-state index contributed by atoms with van der Waals surface area (Å²) in [6.07, 6.45) is -0.401. The van der Waals surface area contributed by atoms with Gasteiger partial charge in [-0.05, 0) is 0 Å². The molecule has 1 heterocycles. The van der Waals surface area contributed by atoms with E-state index in [0.717, 1.165) is 0 Å². The molecule has 1 rings (SSSR count). The largest absolute Gasteiger partial charge is 0.351 e. The van der Waals surface area contributed by atoms with Gasteiger partial charge in [-0.3, -0.25) is 9.35 Å². The van der Waals surface area contributed by atoms with Crippen LogP contribution in [0.15, 0.2) is 0 Å². The molecular weight excluding hydrogens is 188 g/mol. The van der Waals surface area contributed by atoms with Gasteiger partial charge in [0.1, 0.15) is 0 Å². The monoisotopic (exact) mass is 194 g/mol. The minimum absolute atomic E-state index is 0.301. The minimum Gasteiger partial charge on any atom is -0.351 e. The highest BCUT2D eigenvalue weighted by molar-refractivity contribution is 7.86. The smallest absolute Gasteiger partial charge is 0.322 e. The Bertz CT molecular complexity index is 325. The number of nitrogens with two attached hydrogens (primary N) is 1. The van der Waals surface area contributed by atoms with Crippen LogP contribution in [0.3, 0.4) is 0 Å². The van der Waals surface area contributed by atoms with E-state index in [1.807, 2.05) is 0 Å². The summed E-state index contributed by atoms with van der Waals surface area (Å²) in [5.74, 6) is -0.704. The number of nitrogens with zero attached hydrogens (tertiary/aromatic N) is 1. The first-order valence-corrected chi connectivity index (χ1v) is 4.42. The number of likely N-dealkylation sites (tertiary alicyclic amines) is 1. The Morgan fingerprint density at radius 1 is 1.67 bits per heavy atom. The Balaban J connectivity index is 2.88. The first-order chi connectivity index (χ1) is 5.34. The standard InChI is InChI=1S/C4H6N2O5S/c5-4(8)6-2(7)1-3(6)12(9,10)11/h3H,1H2,(H2,5,8)(H,9,10,11). The molecular formula is C4H6N2O5S. The number of hydrogen-bond donors (Lipinski definition) is 2. The number of carbonyl (C=O) groups is 2. The highest BCUT2D eigenvalue weighted by Gasteiger charge is 2.47. The summed E-state index contributed by atoms with van der Waals surface area (Å²) in [6.45, 7) is 0. The molecule has 0 aromatic heterocycles. The van der Waals surface area contributed by atoms with Crippen molar-refractivity contribution in [1.29, 1.82) is 0 Å². The number of carbonyl (C=O) groups excluding carboxylic acids is 2. The molecule has 1 fully saturated rings. The molecule has 0 spiro atoms. The average Bonchev–Trinajstić information content (AvgIpc) is 1.78. The number of primary amides is 1. The third-order valence-corrected chi connectivity index (χ3v) is 2.55. The molecule has 12 heavy (non-hydrogen) atoms. The van der Waals surface area contributed by atoms with Crippen LogP contribution in [0, 0.1) is 0 Å². The third kappa shape index (κ3) is 1.25. The van der Waals surface area contributed by atoms with E-state index in [-0.39, 0.29) is 0 Å². The van der Waals surface area contributed by atoms with Crippen LogP contribution in [-0.2, 0) is 14.9 Å². The molecule has 3 amide bonds. The predicted octanol–water partition coefficient (Wildman–Crippen LogP) is -1.49. The lowest BCUT2D eigenvalue weighted by atomic mass is 10.2. The summed E-state index contributed by atoms with van der Waals surface area (Å²) in [7, 11) is -4.39. The second-order valence-corrected chi connectivity index (χ2v) is 3.85. The highest BCUT2D eigenvalue weighted by atomic mass is 32.2. The highest BCUT2D eigenvalue weighted by Crippen LogP contribution is 2.22. The van der Waals surface area contributed by atoms with Gasteiger partial charge < -0.3 is 5.73 Å². The zero-order chi connectivity index (χ0) is 9.52. The maximum atomic E-state index is 10.6. The van der Waals surface area contributed by atoms with Crippen molar-refractivity contribution in [2.75, 3.05) is 0 Å². The lowest BCUT2D eigenvalue weighted by Gasteiger charge is -2.34. The molecule has 1 aliphatic rings. The maximum Gasteiger partial charge on any atom is 0.322 e. The van der Waals surface area contributed by atoms with Crippen molar-refractivity contribution in [2.45, 2.75) is 11.8 Å². The van der Waals surface area contributed by atoms with Gasteiger partial charge in [0, 0.05) is 0 Å². The van der Waals surface area contributed by atoms with Crippen LogP contribution < -0.4 is 5.73 Å².